The highest BCUT2D eigenvalue weighted by Crippen LogP contribution is 2.33. The molecule has 0 amide bonds. The summed E-state index contributed by atoms with van der Waals surface area (Å²) in [6.07, 6.45) is -0.207. The summed E-state index contributed by atoms with van der Waals surface area (Å²) in [5.41, 5.74) is 1.39. The number of hydrogen-bond acceptors (Lipinski definition) is 1. The fourth-order valence-electron chi connectivity index (χ4n) is 2.71. The van der Waals surface area contributed by atoms with Crippen molar-refractivity contribution in [1.29, 1.82) is 0 Å². The first-order valence-corrected chi connectivity index (χ1v) is 7.56. The highest BCUT2D eigenvalue weighted by molar-refractivity contribution is 5.71. The summed E-state index contributed by atoms with van der Waals surface area (Å²) in [5.74, 6) is 0.203. The second kappa shape index (κ2) is 6.26. The lowest BCUT2D eigenvalue weighted by Crippen LogP contribution is -2.16. The predicted octanol–water partition coefficient (Wildman–Crippen LogP) is 4.94. The van der Waals surface area contributed by atoms with Gasteiger partial charge in [0.05, 0.1) is 6.20 Å². The standard InChI is InChI=1S/C18H16F4N2/c1-12-4-2-3-5-14(12)11-24-16(18(20,21)22)10-23-17(24)13-6-8-15(19)9-7-13/h2-8,10,15H,9,11H2,1H3. The van der Waals surface area contributed by atoms with E-state index in [1.165, 1.54) is 12.2 Å². The number of benzene rings is 1. The minimum absolute atomic E-state index is 0.0566. The molecule has 1 atom stereocenters. The van der Waals surface area contributed by atoms with E-state index in [-0.39, 0.29) is 18.8 Å². The van der Waals surface area contributed by atoms with E-state index in [2.05, 4.69) is 4.98 Å². The third-order valence-corrected chi connectivity index (χ3v) is 4.04. The Bertz CT molecular complexity index is 800. The summed E-state index contributed by atoms with van der Waals surface area (Å²) >= 11 is 0. The number of allylic oxidation sites excluding steroid dienone is 4. The molecule has 0 aliphatic heterocycles. The van der Waals surface area contributed by atoms with Gasteiger partial charge in [0.1, 0.15) is 17.7 Å². The molecule has 0 fully saturated rings. The van der Waals surface area contributed by atoms with Crippen LogP contribution < -0.4 is 0 Å². The van der Waals surface area contributed by atoms with E-state index >= 15 is 0 Å². The van der Waals surface area contributed by atoms with Crippen LogP contribution in [0.3, 0.4) is 0 Å². The SMILES string of the molecule is Cc1ccccc1Cn1c(C(F)(F)F)cnc1C1=CCC(F)C=C1. The van der Waals surface area contributed by atoms with E-state index < -0.39 is 18.0 Å². The molecule has 1 unspecified atom stereocenters. The third kappa shape index (κ3) is 3.27. The third-order valence-electron chi connectivity index (χ3n) is 4.04. The Kier molecular flexibility index (Phi) is 4.30. The second-order valence-electron chi connectivity index (χ2n) is 5.75. The fraction of sp³-hybridized carbons (Fsp3) is 0.278. The van der Waals surface area contributed by atoms with Crippen molar-refractivity contribution in [2.45, 2.75) is 32.2 Å². The first kappa shape index (κ1) is 16.5. The number of rotatable bonds is 3. The van der Waals surface area contributed by atoms with Gasteiger partial charge in [-0.1, -0.05) is 36.4 Å². The lowest BCUT2D eigenvalue weighted by atomic mass is 10.0. The molecule has 24 heavy (non-hydrogen) atoms. The van der Waals surface area contributed by atoms with Crippen LogP contribution in [-0.4, -0.2) is 15.7 Å². The van der Waals surface area contributed by atoms with Gasteiger partial charge in [-0.2, -0.15) is 13.2 Å². The predicted molar refractivity (Wildman–Crippen MR) is 84.1 cm³/mol. The number of alkyl halides is 4. The molecule has 0 N–H and O–H groups in total. The van der Waals surface area contributed by atoms with Gasteiger partial charge in [-0.05, 0) is 24.1 Å². The van der Waals surface area contributed by atoms with Gasteiger partial charge in [-0.15, -0.1) is 0 Å². The first-order chi connectivity index (χ1) is 11.4. The van der Waals surface area contributed by atoms with Gasteiger partial charge in [-0.3, -0.25) is 0 Å². The Balaban J connectivity index is 2.06. The van der Waals surface area contributed by atoms with Gasteiger partial charge in [0.15, 0.2) is 0 Å². The zero-order chi connectivity index (χ0) is 17.3. The van der Waals surface area contributed by atoms with Crippen molar-refractivity contribution in [2.75, 3.05) is 0 Å². The van der Waals surface area contributed by atoms with Crippen molar-refractivity contribution < 1.29 is 17.6 Å². The van der Waals surface area contributed by atoms with E-state index in [0.717, 1.165) is 21.9 Å². The van der Waals surface area contributed by atoms with Crippen molar-refractivity contribution >= 4 is 5.57 Å². The number of nitrogens with zero attached hydrogens (tertiary/aromatic N) is 2. The van der Waals surface area contributed by atoms with Crippen LogP contribution in [0.5, 0.6) is 0 Å². The molecule has 6 heteroatoms. The smallest absolute Gasteiger partial charge is 0.316 e. The average Bonchev–Trinajstić information content (AvgIpc) is 2.94. The van der Waals surface area contributed by atoms with Crippen molar-refractivity contribution in [3.05, 3.63) is 71.3 Å². The molecule has 0 spiro atoms. The van der Waals surface area contributed by atoms with E-state index in [9.17, 15) is 17.6 Å². The first-order valence-electron chi connectivity index (χ1n) is 7.56. The molecule has 1 aliphatic rings. The van der Waals surface area contributed by atoms with Gasteiger partial charge < -0.3 is 4.57 Å². The van der Waals surface area contributed by atoms with Crippen LogP contribution in [0, 0.1) is 6.92 Å². The van der Waals surface area contributed by atoms with Gasteiger partial charge in [0.2, 0.25) is 0 Å². The summed E-state index contributed by atoms with van der Waals surface area (Å²) < 4.78 is 54.4. The summed E-state index contributed by atoms with van der Waals surface area (Å²) in [5, 5.41) is 0. The summed E-state index contributed by atoms with van der Waals surface area (Å²) in [7, 11) is 0. The Hall–Kier alpha value is -2.37. The number of imidazole rings is 1. The molecule has 1 aliphatic carbocycles. The minimum atomic E-state index is -4.50. The van der Waals surface area contributed by atoms with Crippen LogP contribution in [0.1, 0.15) is 29.1 Å². The van der Waals surface area contributed by atoms with Gasteiger partial charge >= 0.3 is 6.18 Å². The summed E-state index contributed by atoms with van der Waals surface area (Å²) in [4.78, 5) is 3.96. The topological polar surface area (TPSA) is 17.8 Å². The molecule has 126 valence electrons. The Morgan fingerprint density at radius 2 is 2.00 bits per heavy atom. The summed E-state index contributed by atoms with van der Waals surface area (Å²) in [6, 6.07) is 7.28. The van der Waals surface area contributed by atoms with E-state index in [1.54, 1.807) is 18.2 Å². The second-order valence-corrected chi connectivity index (χ2v) is 5.75. The van der Waals surface area contributed by atoms with E-state index in [0.29, 0.717) is 5.57 Å². The van der Waals surface area contributed by atoms with Crippen LogP contribution >= 0.6 is 0 Å². The van der Waals surface area contributed by atoms with Crippen LogP contribution in [0.4, 0.5) is 17.6 Å². The van der Waals surface area contributed by atoms with E-state index in [1.807, 2.05) is 19.1 Å². The maximum Gasteiger partial charge on any atom is 0.433 e. The molecule has 0 radical (unpaired) electrons. The van der Waals surface area contributed by atoms with Crippen LogP contribution in [-0.2, 0) is 12.7 Å². The van der Waals surface area contributed by atoms with Gasteiger partial charge in [0, 0.05) is 18.5 Å². The quantitative estimate of drug-likeness (QED) is 0.726. The maximum atomic E-state index is 13.3. The molecule has 0 saturated carbocycles. The molecule has 2 nitrogen and oxygen atoms in total. The van der Waals surface area contributed by atoms with Gasteiger partial charge in [0.25, 0.3) is 0 Å². The number of hydrogen-bond donors (Lipinski definition) is 0. The van der Waals surface area contributed by atoms with Crippen LogP contribution in [0.15, 0.2) is 48.7 Å². The van der Waals surface area contributed by atoms with Crippen molar-refractivity contribution in [3.8, 4) is 0 Å². The van der Waals surface area contributed by atoms with Crippen molar-refractivity contribution in [1.82, 2.24) is 9.55 Å². The lowest BCUT2D eigenvalue weighted by Gasteiger charge is -2.17. The number of aryl methyl sites for hydroxylation is 1. The molecule has 1 aromatic heterocycles. The Morgan fingerprint density at radius 1 is 1.25 bits per heavy atom. The molecular weight excluding hydrogens is 320 g/mol. The van der Waals surface area contributed by atoms with Gasteiger partial charge in [-0.25, -0.2) is 9.37 Å². The molecule has 1 aromatic carbocycles. The van der Waals surface area contributed by atoms with E-state index in [4.69, 9.17) is 0 Å². The average molecular weight is 336 g/mol. The zero-order valence-electron chi connectivity index (χ0n) is 13.0. The molecule has 0 bridgehead atoms. The molecule has 1 heterocycles. The minimum Gasteiger partial charge on any atom is -0.316 e. The Morgan fingerprint density at radius 3 is 2.62 bits per heavy atom. The molecule has 3 rings (SSSR count). The normalized spacial score (nSPS) is 17.9. The largest absolute Gasteiger partial charge is 0.433 e. The lowest BCUT2D eigenvalue weighted by molar-refractivity contribution is -0.143. The maximum absolute atomic E-state index is 13.3. The fourth-order valence-corrected chi connectivity index (χ4v) is 2.71. The molecule has 2 aromatic rings. The Labute approximate surface area is 137 Å². The summed E-state index contributed by atoms with van der Waals surface area (Å²) in [6.45, 7) is 1.91. The number of aromatic nitrogens is 2. The monoisotopic (exact) mass is 336 g/mol. The highest BCUT2D eigenvalue weighted by atomic mass is 19.4. The molecular formula is C18H16F4N2. The zero-order valence-corrected chi connectivity index (χ0v) is 13.0. The van der Waals surface area contributed by atoms with Crippen LogP contribution in [0.25, 0.3) is 5.57 Å². The highest BCUT2D eigenvalue weighted by Gasteiger charge is 2.36. The van der Waals surface area contributed by atoms with Crippen molar-refractivity contribution in [2.24, 2.45) is 0 Å². The van der Waals surface area contributed by atoms with Crippen molar-refractivity contribution in [3.63, 3.8) is 0 Å². The molecule has 0 saturated heterocycles. The van der Waals surface area contributed by atoms with Crippen LogP contribution in [0.2, 0.25) is 0 Å². The number of halogens is 4.